The lowest BCUT2D eigenvalue weighted by molar-refractivity contribution is -0.129. The summed E-state index contributed by atoms with van der Waals surface area (Å²) in [6.45, 7) is 10.5. The monoisotopic (exact) mass is 253 g/mol. The van der Waals surface area contributed by atoms with Crippen molar-refractivity contribution in [3.8, 4) is 0 Å². The van der Waals surface area contributed by atoms with Crippen LogP contribution in [0.15, 0.2) is 6.33 Å². The number of aromatic nitrogens is 3. The average molecular weight is 253 g/mol. The Balaban J connectivity index is 2.42. The quantitative estimate of drug-likeness (QED) is 0.781. The van der Waals surface area contributed by atoms with Crippen molar-refractivity contribution in [2.45, 2.75) is 40.3 Å². The smallest absolute Gasteiger partial charge is 0.236 e. The SMILES string of the molecule is CCN(CC)C(=O)CNCc1ncnn1C(C)C. The van der Waals surface area contributed by atoms with Crippen LogP contribution in [-0.4, -0.2) is 45.2 Å². The van der Waals surface area contributed by atoms with Gasteiger partial charge in [-0.25, -0.2) is 9.67 Å². The summed E-state index contributed by atoms with van der Waals surface area (Å²) in [6, 6.07) is 0.280. The molecule has 1 amide bonds. The fourth-order valence-corrected chi connectivity index (χ4v) is 1.80. The van der Waals surface area contributed by atoms with Crippen LogP contribution >= 0.6 is 0 Å². The van der Waals surface area contributed by atoms with E-state index in [9.17, 15) is 4.79 Å². The number of nitrogens with one attached hydrogen (secondary N) is 1. The zero-order valence-corrected chi connectivity index (χ0v) is 11.7. The molecular weight excluding hydrogens is 230 g/mol. The predicted molar refractivity (Wildman–Crippen MR) is 70.0 cm³/mol. The Morgan fingerprint density at radius 2 is 2.11 bits per heavy atom. The number of nitrogens with zero attached hydrogens (tertiary/aromatic N) is 4. The summed E-state index contributed by atoms with van der Waals surface area (Å²) < 4.78 is 1.86. The third kappa shape index (κ3) is 3.80. The van der Waals surface area contributed by atoms with Gasteiger partial charge in [0.1, 0.15) is 12.2 Å². The summed E-state index contributed by atoms with van der Waals surface area (Å²) in [5.41, 5.74) is 0. The molecule has 0 spiro atoms. The van der Waals surface area contributed by atoms with Gasteiger partial charge >= 0.3 is 0 Å². The van der Waals surface area contributed by atoms with Gasteiger partial charge in [-0.2, -0.15) is 5.10 Å². The van der Waals surface area contributed by atoms with E-state index in [0.717, 1.165) is 18.9 Å². The van der Waals surface area contributed by atoms with Crippen LogP contribution in [0.5, 0.6) is 0 Å². The molecule has 1 aromatic heterocycles. The number of rotatable bonds is 7. The molecule has 6 heteroatoms. The van der Waals surface area contributed by atoms with Gasteiger partial charge in [-0.3, -0.25) is 4.79 Å². The zero-order chi connectivity index (χ0) is 13.5. The number of hydrogen-bond acceptors (Lipinski definition) is 4. The van der Waals surface area contributed by atoms with Crippen molar-refractivity contribution in [2.24, 2.45) is 0 Å². The van der Waals surface area contributed by atoms with E-state index in [1.54, 1.807) is 11.2 Å². The summed E-state index contributed by atoms with van der Waals surface area (Å²) in [5, 5.41) is 7.27. The molecule has 6 nitrogen and oxygen atoms in total. The van der Waals surface area contributed by atoms with Crippen LogP contribution in [0.3, 0.4) is 0 Å². The number of carbonyl (C=O) groups is 1. The Morgan fingerprint density at radius 3 is 2.67 bits per heavy atom. The number of amides is 1. The number of hydrogen-bond donors (Lipinski definition) is 1. The Bertz CT molecular complexity index is 370. The van der Waals surface area contributed by atoms with Gasteiger partial charge < -0.3 is 10.2 Å². The van der Waals surface area contributed by atoms with Crippen LogP contribution < -0.4 is 5.32 Å². The van der Waals surface area contributed by atoms with Crippen molar-refractivity contribution in [2.75, 3.05) is 19.6 Å². The van der Waals surface area contributed by atoms with E-state index in [0.29, 0.717) is 13.1 Å². The van der Waals surface area contributed by atoms with Crippen molar-refractivity contribution >= 4 is 5.91 Å². The Morgan fingerprint density at radius 1 is 1.44 bits per heavy atom. The standard InChI is InChI=1S/C12H23N5O/c1-5-16(6-2)12(18)8-13-7-11-14-9-15-17(11)10(3)4/h9-10,13H,5-8H2,1-4H3. The van der Waals surface area contributed by atoms with Crippen molar-refractivity contribution in [3.63, 3.8) is 0 Å². The lowest BCUT2D eigenvalue weighted by atomic mass is 10.4. The van der Waals surface area contributed by atoms with E-state index in [1.165, 1.54) is 0 Å². The molecule has 0 aliphatic rings. The van der Waals surface area contributed by atoms with Gasteiger partial charge in [0.05, 0.1) is 13.1 Å². The minimum atomic E-state index is 0.121. The summed E-state index contributed by atoms with van der Waals surface area (Å²) in [4.78, 5) is 17.8. The molecule has 0 saturated heterocycles. The summed E-state index contributed by atoms with van der Waals surface area (Å²) in [7, 11) is 0. The highest BCUT2D eigenvalue weighted by atomic mass is 16.2. The van der Waals surface area contributed by atoms with Crippen molar-refractivity contribution in [1.82, 2.24) is 25.0 Å². The van der Waals surface area contributed by atoms with Crippen molar-refractivity contribution < 1.29 is 4.79 Å². The summed E-state index contributed by atoms with van der Waals surface area (Å²) in [5.74, 6) is 0.980. The molecule has 0 unspecified atom stereocenters. The Hall–Kier alpha value is -1.43. The molecular formula is C12H23N5O. The second-order valence-corrected chi connectivity index (χ2v) is 4.38. The summed E-state index contributed by atoms with van der Waals surface area (Å²) >= 11 is 0. The Kier molecular flexibility index (Phi) is 5.77. The van der Waals surface area contributed by atoms with Gasteiger partial charge in [0, 0.05) is 19.1 Å². The molecule has 0 fully saturated rings. The maximum atomic E-state index is 11.8. The van der Waals surface area contributed by atoms with Gasteiger partial charge in [0.25, 0.3) is 0 Å². The highest BCUT2D eigenvalue weighted by Gasteiger charge is 2.10. The first kappa shape index (κ1) is 14.6. The lowest BCUT2D eigenvalue weighted by Gasteiger charge is -2.18. The minimum absolute atomic E-state index is 0.121. The van der Waals surface area contributed by atoms with Crippen LogP contribution in [0.2, 0.25) is 0 Å². The third-order valence-electron chi connectivity index (χ3n) is 2.81. The van der Waals surface area contributed by atoms with Crippen LogP contribution in [0.4, 0.5) is 0 Å². The average Bonchev–Trinajstić information content (AvgIpc) is 2.79. The number of carbonyl (C=O) groups excluding carboxylic acids is 1. The maximum Gasteiger partial charge on any atom is 0.236 e. The first-order valence-corrected chi connectivity index (χ1v) is 6.47. The molecule has 0 aliphatic heterocycles. The normalized spacial score (nSPS) is 10.9. The molecule has 0 atom stereocenters. The van der Waals surface area contributed by atoms with Crippen LogP contribution in [-0.2, 0) is 11.3 Å². The highest BCUT2D eigenvalue weighted by molar-refractivity contribution is 5.78. The topological polar surface area (TPSA) is 63.1 Å². The van der Waals surface area contributed by atoms with Gasteiger partial charge in [-0.15, -0.1) is 0 Å². The van der Waals surface area contributed by atoms with Gasteiger partial charge in [0.2, 0.25) is 5.91 Å². The Labute approximate surface area is 108 Å². The van der Waals surface area contributed by atoms with E-state index < -0.39 is 0 Å². The van der Waals surface area contributed by atoms with Crippen molar-refractivity contribution in [3.05, 3.63) is 12.2 Å². The van der Waals surface area contributed by atoms with Gasteiger partial charge in [0.15, 0.2) is 0 Å². The molecule has 0 radical (unpaired) electrons. The fourth-order valence-electron chi connectivity index (χ4n) is 1.80. The molecule has 1 aromatic rings. The molecule has 1 heterocycles. The molecule has 0 aliphatic carbocycles. The zero-order valence-electron chi connectivity index (χ0n) is 11.7. The number of likely N-dealkylation sites (N-methyl/N-ethyl adjacent to an activating group) is 1. The lowest BCUT2D eigenvalue weighted by Crippen LogP contribution is -2.38. The molecule has 102 valence electrons. The minimum Gasteiger partial charge on any atom is -0.342 e. The fraction of sp³-hybridized carbons (Fsp3) is 0.750. The molecule has 18 heavy (non-hydrogen) atoms. The van der Waals surface area contributed by atoms with E-state index >= 15 is 0 Å². The molecule has 1 N–H and O–H groups in total. The second-order valence-electron chi connectivity index (χ2n) is 4.38. The molecule has 0 saturated carbocycles. The second kappa shape index (κ2) is 7.10. The summed E-state index contributed by atoms with van der Waals surface area (Å²) in [6.07, 6.45) is 1.54. The first-order valence-electron chi connectivity index (χ1n) is 6.47. The predicted octanol–water partition coefficient (Wildman–Crippen LogP) is 0.817. The maximum absolute atomic E-state index is 11.8. The van der Waals surface area contributed by atoms with E-state index in [1.807, 2.05) is 18.5 Å². The van der Waals surface area contributed by atoms with Gasteiger partial charge in [-0.05, 0) is 27.7 Å². The highest BCUT2D eigenvalue weighted by Crippen LogP contribution is 2.04. The van der Waals surface area contributed by atoms with Gasteiger partial charge in [-0.1, -0.05) is 0 Å². The largest absolute Gasteiger partial charge is 0.342 e. The molecule has 0 aromatic carbocycles. The van der Waals surface area contributed by atoms with E-state index in [4.69, 9.17) is 0 Å². The van der Waals surface area contributed by atoms with E-state index in [-0.39, 0.29) is 11.9 Å². The first-order chi connectivity index (χ1) is 8.60. The molecule has 1 rings (SSSR count). The third-order valence-corrected chi connectivity index (χ3v) is 2.81. The molecule has 0 bridgehead atoms. The van der Waals surface area contributed by atoms with E-state index in [2.05, 4.69) is 29.2 Å². The van der Waals surface area contributed by atoms with Crippen LogP contribution in [0, 0.1) is 0 Å². The van der Waals surface area contributed by atoms with Crippen molar-refractivity contribution in [1.29, 1.82) is 0 Å². The van der Waals surface area contributed by atoms with Crippen LogP contribution in [0.1, 0.15) is 39.6 Å². The van der Waals surface area contributed by atoms with Crippen LogP contribution in [0.25, 0.3) is 0 Å².